The van der Waals surface area contributed by atoms with E-state index < -0.39 is 11.9 Å². The molecule has 0 spiro atoms. The van der Waals surface area contributed by atoms with E-state index in [9.17, 15) is 9.59 Å². The third-order valence-electron chi connectivity index (χ3n) is 6.78. The van der Waals surface area contributed by atoms with Gasteiger partial charge in [-0.3, -0.25) is 4.79 Å². The van der Waals surface area contributed by atoms with Gasteiger partial charge in [0.2, 0.25) is 6.79 Å². The monoisotopic (exact) mass is 509 g/mol. The first-order chi connectivity index (χ1) is 17.5. The molecule has 0 saturated carbocycles. The Balaban J connectivity index is 1.52. The molecular weight excluding hydrogens is 482 g/mol. The summed E-state index contributed by atoms with van der Waals surface area (Å²) in [6.45, 7) is 4.86. The summed E-state index contributed by atoms with van der Waals surface area (Å²) in [5, 5.41) is 4.03. The minimum Gasteiger partial charge on any atom is -0.460 e. The van der Waals surface area contributed by atoms with Crippen molar-refractivity contribution in [3.63, 3.8) is 0 Å². The number of ether oxygens (including phenoxy) is 4. The van der Waals surface area contributed by atoms with Gasteiger partial charge in [-0.1, -0.05) is 29.8 Å². The van der Waals surface area contributed by atoms with Crippen LogP contribution in [0.5, 0.6) is 11.5 Å². The lowest BCUT2D eigenvalue weighted by molar-refractivity contribution is -0.140. The van der Waals surface area contributed by atoms with Crippen LogP contribution in [-0.4, -0.2) is 38.4 Å². The Labute approximate surface area is 215 Å². The van der Waals surface area contributed by atoms with Gasteiger partial charge in [-0.05, 0) is 61.6 Å². The Morgan fingerprint density at radius 2 is 1.81 bits per heavy atom. The predicted molar refractivity (Wildman–Crippen MR) is 134 cm³/mol. The molecule has 8 heteroatoms. The standard InChI is InChI=1S/C28H28ClNO6/c1-3-33-10-11-34-28(32)25-16(2)30-21-12-19(17-4-7-20(29)8-5-17)13-22(31)27(21)26(25)18-6-9-23-24(14-18)36-15-35-23/h4-9,14,19,26,30H,3,10-13,15H2,1-2H3/t19-,26+/m1/s1. The Morgan fingerprint density at radius 1 is 1.06 bits per heavy atom. The lowest BCUT2D eigenvalue weighted by Crippen LogP contribution is -2.36. The van der Waals surface area contributed by atoms with Gasteiger partial charge >= 0.3 is 5.97 Å². The second-order valence-corrected chi connectivity index (χ2v) is 9.45. The number of esters is 1. The van der Waals surface area contributed by atoms with Gasteiger partial charge in [0, 0.05) is 40.9 Å². The molecule has 2 aliphatic heterocycles. The fourth-order valence-electron chi connectivity index (χ4n) is 5.12. The molecule has 0 saturated heterocycles. The van der Waals surface area contributed by atoms with Crippen LogP contribution >= 0.6 is 11.6 Å². The highest BCUT2D eigenvalue weighted by Crippen LogP contribution is 2.47. The summed E-state index contributed by atoms with van der Waals surface area (Å²) in [5.74, 6) is 0.207. The van der Waals surface area contributed by atoms with E-state index in [1.807, 2.05) is 56.3 Å². The smallest absolute Gasteiger partial charge is 0.336 e. The molecule has 0 fully saturated rings. The quantitative estimate of drug-likeness (QED) is 0.415. The van der Waals surface area contributed by atoms with Crippen molar-refractivity contribution in [3.8, 4) is 11.5 Å². The highest BCUT2D eigenvalue weighted by Gasteiger charge is 2.41. The van der Waals surface area contributed by atoms with E-state index in [2.05, 4.69) is 5.32 Å². The molecule has 36 heavy (non-hydrogen) atoms. The number of benzene rings is 2. The number of carbonyl (C=O) groups is 2. The maximum Gasteiger partial charge on any atom is 0.336 e. The van der Waals surface area contributed by atoms with E-state index in [0.29, 0.717) is 59.4 Å². The van der Waals surface area contributed by atoms with Crippen molar-refractivity contribution in [3.05, 3.63) is 81.2 Å². The topological polar surface area (TPSA) is 83.1 Å². The van der Waals surface area contributed by atoms with Crippen molar-refractivity contribution in [2.75, 3.05) is 26.6 Å². The summed E-state index contributed by atoms with van der Waals surface area (Å²) in [7, 11) is 0. The number of Topliss-reactive ketones (excluding diaryl/α,β-unsaturated/α-hetero) is 1. The number of nitrogens with one attached hydrogen (secondary N) is 1. The SMILES string of the molecule is CCOCCOC(=O)C1=C(C)NC2=C(C(=O)C[C@H](c3ccc(Cl)cc3)C2)[C@H]1c1ccc2c(c1)OCO2. The second kappa shape index (κ2) is 10.4. The summed E-state index contributed by atoms with van der Waals surface area (Å²) in [6, 6.07) is 13.2. The van der Waals surface area contributed by atoms with Gasteiger partial charge in [0.25, 0.3) is 0 Å². The van der Waals surface area contributed by atoms with E-state index in [0.717, 1.165) is 16.8 Å². The highest BCUT2D eigenvalue weighted by molar-refractivity contribution is 6.30. The number of carbonyl (C=O) groups excluding carboxylic acids is 2. The number of ketones is 1. The lowest BCUT2D eigenvalue weighted by atomic mass is 9.71. The number of allylic oxidation sites excluding steroid dienone is 3. The molecule has 2 atom stereocenters. The molecule has 2 aromatic rings. The van der Waals surface area contributed by atoms with Crippen molar-refractivity contribution in [1.29, 1.82) is 0 Å². The third-order valence-corrected chi connectivity index (χ3v) is 7.04. The first-order valence-electron chi connectivity index (χ1n) is 12.1. The molecule has 7 nitrogen and oxygen atoms in total. The van der Waals surface area contributed by atoms with E-state index in [-0.39, 0.29) is 25.1 Å². The van der Waals surface area contributed by atoms with E-state index in [4.69, 9.17) is 30.5 Å². The molecule has 1 aliphatic carbocycles. The molecule has 5 rings (SSSR count). The van der Waals surface area contributed by atoms with Crippen LogP contribution in [0, 0.1) is 0 Å². The fraction of sp³-hybridized carbons (Fsp3) is 0.357. The Hall–Kier alpha value is -3.29. The van der Waals surface area contributed by atoms with Gasteiger partial charge in [-0.15, -0.1) is 0 Å². The van der Waals surface area contributed by atoms with Gasteiger partial charge in [0.05, 0.1) is 12.2 Å². The minimum atomic E-state index is -0.575. The molecule has 0 bridgehead atoms. The third kappa shape index (κ3) is 4.73. The van der Waals surface area contributed by atoms with Crippen LogP contribution < -0.4 is 14.8 Å². The number of fused-ring (bicyclic) bond motifs is 1. The first-order valence-corrected chi connectivity index (χ1v) is 12.5. The van der Waals surface area contributed by atoms with E-state index in [1.165, 1.54) is 0 Å². The van der Waals surface area contributed by atoms with Gasteiger partial charge in [0.15, 0.2) is 17.3 Å². The fourth-order valence-corrected chi connectivity index (χ4v) is 5.25. The summed E-state index contributed by atoms with van der Waals surface area (Å²) < 4.78 is 21.9. The zero-order valence-corrected chi connectivity index (χ0v) is 21.0. The number of hydrogen-bond donors (Lipinski definition) is 1. The summed E-state index contributed by atoms with van der Waals surface area (Å²) >= 11 is 6.07. The molecule has 1 N–H and O–H groups in total. The van der Waals surface area contributed by atoms with E-state index >= 15 is 0 Å². The second-order valence-electron chi connectivity index (χ2n) is 9.01. The molecule has 0 unspecified atom stereocenters. The van der Waals surface area contributed by atoms with Gasteiger partial charge in [-0.25, -0.2) is 4.79 Å². The molecular formula is C28H28ClNO6. The maximum atomic E-state index is 13.7. The molecule has 0 aromatic heterocycles. The first kappa shape index (κ1) is 24.4. The number of rotatable bonds is 7. The van der Waals surface area contributed by atoms with Crippen LogP contribution in [0.4, 0.5) is 0 Å². The highest BCUT2D eigenvalue weighted by atomic mass is 35.5. The predicted octanol–water partition coefficient (Wildman–Crippen LogP) is 5.01. The molecule has 188 valence electrons. The average Bonchev–Trinajstić information content (AvgIpc) is 3.34. The average molecular weight is 510 g/mol. The van der Waals surface area contributed by atoms with Crippen LogP contribution in [0.3, 0.4) is 0 Å². The van der Waals surface area contributed by atoms with Gasteiger partial charge in [-0.2, -0.15) is 0 Å². The number of halogens is 1. The molecule has 3 aliphatic rings. The van der Waals surface area contributed by atoms with Crippen LogP contribution in [0.1, 0.15) is 49.7 Å². The van der Waals surface area contributed by atoms with Crippen molar-refractivity contribution in [2.24, 2.45) is 0 Å². The van der Waals surface area contributed by atoms with Crippen LogP contribution in [0.2, 0.25) is 5.02 Å². The number of hydrogen-bond acceptors (Lipinski definition) is 7. The molecule has 2 heterocycles. The summed E-state index contributed by atoms with van der Waals surface area (Å²) in [4.78, 5) is 27.0. The normalized spacial score (nSPS) is 20.8. The van der Waals surface area contributed by atoms with Crippen molar-refractivity contribution >= 4 is 23.4 Å². The van der Waals surface area contributed by atoms with Crippen LogP contribution in [0.15, 0.2) is 65.0 Å². The lowest BCUT2D eigenvalue weighted by Gasteiger charge is -2.36. The molecule has 2 aromatic carbocycles. The summed E-state index contributed by atoms with van der Waals surface area (Å²) in [6.07, 6.45) is 0.989. The number of dihydropyridines is 1. The zero-order valence-electron chi connectivity index (χ0n) is 20.3. The van der Waals surface area contributed by atoms with Crippen molar-refractivity contribution in [2.45, 2.75) is 38.5 Å². The van der Waals surface area contributed by atoms with Gasteiger partial charge in [0.1, 0.15) is 6.61 Å². The Bertz CT molecular complexity index is 1250. The van der Waals surface area contributed by atoms with Crippen molar-refractivity contribution < 1.29 is 28.5 Å². The van der Waals surface area contributed by atoms with E-state index in [1.54, 1.807) is 0 Å². The minimum absolute atomic E-state index is 0.00140. The molecule has 0 amide bonds. The van der Waals surface area contributed by atoms with Crippen molar-refractivity contribution in [1.82, 2.24) is 5.32 Å². The largest absolute Gasteiger partial charge is 0.460 e. The maximum absolute atomic E-state index is 13.7. The van der Waals surface area contributed by atoms with Crippen LogP contribution in [-0.2, 0) is 19.1 Å². The molecule has 0 radical (unpaired) electrons. The summed E-state index contributed by atoms with van der Waals surface area (Å²) in [5.41, 5.74) is 4.36. The van der Waals surface area contributed by atoms with Crippen LogP contribution in [0.25, 0.3) is 0 Å². The zero-order chi connectivity index (χ0) is 25.2. The Morgan fingerprint density at radius 3 is 2.58 bits per heavy atom. The van der Waals surface area contributed by atoms with Gasteiger partial charge < -0.3 is 24.3 Å². The Kier molecular flexibility index (Phi) is 7.03.